The van der Waals surface area contributed by atoms with Gasteiger partial charge in [0.1, 0.15) is 11.5 Å². The van der Waals surface area contributed by atoms with E-state index in [0.717, 1.165) is 18.2 Å². The zero-order chi connectivity index (χ0) is 12.6. The van der Waals surface area contributed by atoms with Crippen LogP contribution in [0.5, 0.6) is 0 Å². The molecule has 0 aliphatic rings. The van der Waals surface area contributed by atoms with Crippen LogP contribution in [-0.2, 0) is 6.18 Å². The molecule has 0 unspecified atom stereocenters. The zero-order valence-electron chi connectivity index (χ0n) is 8.35. The molecule has 3 nitrogen and oxygen atoms in total. The lowest BCUT2D eigenvalue weighted by atomic mass is 10.1. The molecule has 17 heavy (non-hydrogen) atoms. The van der Waals surface area contributed by atoms with Crippen molar-refractivity contribution >= 4 is 16.6 Å². The average molecular weight is 245 g/mol. The van der Waals surface area contributed by atoms with Crippen molar-refractivity contribution in [1.82, 2.24) is 4.98 Å². The molecule has 0 amide bonds. The van der Waals surface area contributed by atoms with E-state index in [1.165, 1.54) is 6.07 Å². The van der Waals surface area contributed by atoms with Crippen LogP contribution < -0.4 is 11.3 Å². The number of rotatable bonds is 1. The summed E-state index contributed by atoms with van der Waals surface area (Å²) in [6.45, 7) is 0. The van der Waals surface area contributed by atoms with Crippen molar-refractivity contribution < 1.29 is 17.6 Å². The minimum atomic E-state index is -4.58. The van der Waals surface area contributed by atoms with Crippen molar-refractivity contribution in [3.8, 4) is 0 Å². The number of nitrogens with one attached hydrogen (secondary N) is 1. The predicted molar refractivity (Wildman–Crippen MR) is 54.5 cm³/mol. The smallest absolute Gasteiger partial charge is 0.323 e. The van der Waals surface area contributed by atoms with Gasteiger partial charge in [-0.1, -0.05) is 0 Å². The lowest BCUT2D eigenvalue weighted by molar-refractivity contribution is -0.140. The first-order valence-electron chi connectivity index (χ1n) is 4.56. The second kappa shape index (κ2) is 3.85. The summed E-state index contributed by atoms with van der Waals surface area (Å²) >= 11 is 0. The van der Waals surface area contributed by atoms with E-state index in [1.54, 1.807) is 0 Å². The number of fused-ring (bicyclic) bond motifs is 1. The van der Waals surface area contributed by atoms with Crippen molar-refractivity contribution in [2.24, 2.45) is 5.84 Å². The van der Waals surface area contributed by atoms with Crippen LogP contribution >= 0.6 is 0 Å². The van der Waals surface area contributed by atoms with Gasteiger partial charge in [-0.05, 0) is 24.3 Å². The van der Waals surface area contributed by atoms with Crippen molar-refractivity contribution in [1.29, 1.82) is 0 Å². The summed E-state index contributed by atoms with van der Waals surface area (Å²) in [6, 6.07) is 4.01. The number of halogens is 4. The molecule has 0 saturated heterocycles. The maximum atomic E-state index is 13.0. The van der Waals surface area contributed by atoms with Crippen LogP contribution in [-0.4, -0.2) is 4.98 Å². The van der Waals surface area contributed by atoms with Gasteiger partial charge in [-0.15, -0.1) is 0 Å². The van der Waals surface area contributed by atoms with E-state index in [0.29, 0.717) is 0 Å². The molecule has 1 aromatic carbocycles. The molecule has 0 bridgehead atoms. The largest absolute Gasteiger partial charge is 0.433 e. The summed E-state index contributed by atoms with van der Waals surface area (Å²) in [5.74, 6) is 4.54. The molecule has 2 rings (SSSR count). The van der Waals surface area contributed by atoms with Crippen LogP contribution in [0.25, 0.3) is 10.9 Å². The first-order valence-corrected chi connectivity index (χ1v) is 4.56. The van der Waals surface area contributed by atoms with Gasteiger partial charge in [0.2, 0.25) is 0 Å². The van der Waals surface area contributed by atoms with E-state index in [9.17, 15) is 17.6 Å². The maximum absolute atomic E-state index is 13.0. The SMILES string of the molecule is NNc1cc(C(F)(F)F)nc2ccc(F)cc12. The first kappa shape index (κ1) is 11.6. The van der Waals surface area contributed by atoms with Crippen molar-refractivity contribution in [3.05, 3.63) is 35.8 Å². The molecule has 1 aromatic heterocycles. The van der Waals surface area contributed by atoms with E-state index in [2.05, 4.69) is 10.4 Å². The minimum Gasteiger partial charge on any atom is -0.323 e. The molecule has 3 N–H and O–H groups in total. The lowest BCUT2D eigenvalue weighted by Crippen LogP contribution is -2.12. The molecule has 0 aliphatic carbocycles. The summed E-state index contributed by atoms with van der Waals surface area (Å²) in [5, 5.41) is 0.195. The van der Waals surface area contributed by atoms with Gasteiger partial charge in [0, 0.05) is 5.39 Å². The highest BCUT2D eigenvalue weighted by Gasteiger charge is 2.33. The Morgan fingerprint density at radius 1 is 1.18 bits per heavy atom. The number of hydrogen-bond acceptors (Lipinski definition) is 3. The molecule has 0 saturated carbocycles. The quantitative estimate of drug-likeness (QED) is 0.461. The van der Waals surface area contributed by atoms with E-state index in [4.69, 9.17) is 5.84 Å². The van der Waals surface area contributed by atoms with Crippen molar-refractivity contribution in [3.63, 3.8) is 0 Å². The van der Waals surface area contributed by atoms with Gasteiger partial charge in [-0.3, -0.25) is 5.84 Å². The van der Waals surface area contributed by atoms with Gasteiger partial charge < -0.3 is 5.43 Å². The average Bonchev–Trinajstić information content (AvgIpc) is 2.26. The normalized spacial score (nSPS) is 11.8. The molecule has 1 heterocycles. The summed E-state index contributed by atoms with van der Waals surface area (Å²) < 4.78 is 50.5. The molecule has 0 aliphatic heterocycles. The van der Waals surface area contributed by atoms with E-state index in [1.807, 2.05) is 0 Å². The van der Waals surface area contributed by atoms with Gasteiger partial charge in [-0.25, -0.2) is 9.37 Å². The Balaban J connectivity index is 2.75. The first-order chi connectivity index (χ1) is 7.91. The van der Waals surface area contributed by atoms with Gasteiger partial charge in [0.15, 0.2) is 0 Å². The standard InChI is InChI=1S/C10H7F4N3/c11-5-1-2-7-6(3-5)8(17-15)4-9(16-7)10(12,13)14/h1-4H,15H2,(H,16,17). The van der Waals surface area contributed by atoms with E-state index < -0.39 is 17.7 Å². The fourth-order valence-electron chi connectivity index (χ4n) is 1.46. The van der Waals surface area contributed by atoms with Crippen LogP contribution in [0, 0.1) is 5.82 Å². The Bertz CT molecular complexity index is 565. The number of nitrogens with two attached hydrogens (primary N) is 1. The van der Waals surface area contributed by atoms with Crippen LogP contribution in [0.3, 0.4) is 0 Å². The predicted octanol–water partition coefficient (Wildman–Crippen LogP) is 2.68. The summed E-state index contributed by atoms with van der Waals surface area (Å²) in [7, 11) is 0. The van der Waals surface area contributed by atoms with Crippen LogP contribution in [0.15, 0.2) is 24.3 Å². The third-order valence-corrected chi connectivity index (χ3v) is 2.22. The Kier molecular flexibility index (Phi) is 2.62. The Hall–Kier alpha value is -1.89. The highest BCUT2D eigenvalue weighted by atomic mass is 19.4. The number of alkyl halides is 3. The molecule has 0 spiro atoms. The number of benzene rings is 1. The molecule has 7 heteroatoms. The second-order valence-corrected chi connectivity index (χ2v) is 3.36. The third-order valence-electron chi connectivity index (χ3n) is 2.22. The van der Waals surface area contributed by atoms with Gasteiger partial charge in [0.05, 0.1) is 11.2 Å². The number of hydrazine groups is 1. The summed E-state index contributed by atoms with van der Waals surface area (Å²) in [5.41, 5.74) is 1.02. The van der Waals surface area contributed by atoms with Crippen LogP contribution in [0.4, 0.5) is 23.2 Å². The molecular formula is C10H7F4N3. The molecule has 90 valence electrons. The summed E-state index contributed by atoms with van der Waals surface area (Å²) in [4.78, 5) is 3.41. The lowest BCUT2D eigenvalue weighted by Gasteiger charge is -2.11. The fraction of sp³-hybridized carbons (Fsp3) is 0.100. The molecule has 0 radical (unpaired) electrons. The van der Waals surface area contributed by atoms with Crippen molar-refractivity contribution in [2.75, 3.05) is 5.43 Å². The van der Waals surface area contributed by atoms with Crippen molar-refractivity contribution in [2.45, 2.75) is 6.18 Å². The monoisotopic (exact) mass is 245 g/mol. The third kappa shape index (κ3) is 2.14. The fourth-order valence-corrected chi connectivity index (χ4v) is 1.46. The highest BCUT2D eigenvalue weighted by molar-refractivity contribution is 5.91. The second-order valence-electron chi connectivity index (χ2n) is 3.36. The number of aromatic nitrogens is 1. The highest BCUT2D eigenvalue weighted by Crippen LogP contribution is 2.32. The number of hydrogen-bond donors (Lipinski definition) is 2. The number of nitrogen functional groups attached to an aromatic ring is 1. The van der Waals surface area contributed by atoms with Gasteiger partial charge in [-0.2, -0.15) is 13.2 Å². The van der Waals surface area contributed by atoms with E-state index in [-0.39, 0.29) is 16.6 Å². The number of pyridine rings is 1. The van der Waals surface area contributed by atoms with Crippen LogP contribution in [0.1, 0.15) is 5.69 Å². The van der Waals surface area contributed by atoms with Crippen LogP contribution in [0.2, 0.25) is 0 Å². The maximum Gasteiger partial charge on any atom is 0.433 e. The molecule has 0 fully saturated rings. The van der Waals surface area contributed by atoms with E-state index >= 15 is 0 Å². The van der Waals surface area contributed by atoms with Gasteiger partial charge >= 0.3 is 6.18 Å². The number of anilines is 1. The molecule has 0 atom stereocenters. The molecule has 2 aromatic rings. The Labute approximate surface area is 93.2 Å². The zero-order valence-corrected chi connectivity index (χ0v) is 8.35. The molecular weight excluding hydrogens is 238 g/mol. The Morgan fingerprint density at radius 3 is 2.47 bits per heavy atom. The minimum absolute atomic E-state index is 0.0224. The topological polar surface area (TPSA) is 50.9 Å². The van der Waals surface area contributed by atoms with Gasteiger partial charge in [0.25, 0.3) is 0 Å². The number of nitrogens with zero attached hydrogens (tertiary/aromatic N) is 1. The summed E-state index contributed by atoms with van der Waals surface area (Å²) in [6.07, 6.45) is -4.58. The Morgan fingerprint density at radius 2 is 1.88 bits per heavy atom.